The number of ether oxygens (including phenoxy) is 3. The molecule has 6 rings (SSSR count). The Kier molecular flexibility index (Phi) is 4.29. The Morgan fingerprint density at radius 2 is 1.09 bits per heavy atom. The van der Waals surface area contributed by atoms with Gasteiger partial charge in [0.2, 0.25) is 0 Å². The molecule has 0 N–H and O–H groups in total. The first-order chi connectivity index (χ1) is 15.8. The molecular formula is C29H22O3. The van der Waals surface area contributed by atoms with E-state index in [1.807, 2.05) is 6.07 Å². The smallest absolute Gasteiger partial charge is 0.132 e. The molecule has 0 aliphatic carbocycles. The molecule has 5 aromatic carbocycles. The molecular weight excluding hydrogens is 396 g/mol. The highest BCUT2D eigenvalue weighted by Gasteiger charge is 2.32. The fourth-order valence-corrected chi connectivity index (χ4v) is 4.92. The van der Waals surface area contributed by atoms with Crippen LogP contribution in [0, 0.1) is 0 Å². The third-order valence-corrected chi connectivity index (χ3v) is 6.37. The fraction of sp³-hybridized carbons (Fsp3) is 0.103. The summed E-state index contributed by atoms with van der Waals surface area (Å²) in [6.07, 6.45) is 0. The van der Waals surface area contributed by atoms with Crippen LogP contribution >= 0.6 is 0 Å². The summed E-state index contributed by atoms with van der Waals surface area (Å²) in [4.78, 5) is 0. The first-order valence-electron chi connectivity index (χ1n) is 10.7. The molecule has 32 heavy (non-hydrogen) atoms. The lowest BCUT2D eigenvalue weighted by molar-refractivity contribution is 0.393. The normalized spacial score (nSPS) is 12.8. The van der Waals surface area contributed by atoms with Crippen LogP contribution in [0.4, 0.5) is 0 Å². The van der Waals surface area contributed by atoms with Crippen LogP contribution in [0.5, 0.6) is 23.0 Å². The van der Waals surface area contributed by atoms with Crippen LogP contribution in [0.25, 0.3) is 21.5 Å². The van der Waals surface area contributed by atoms with Gasteiger partial charge in [-0.1, -0.05) is 60.7 Å². The van der Waals surface area contributed by atoms with E-state index >= 15 is 0 Å². The predicted octanol–water partition coefficient (Wildman–Crippen LogP) is 7.30. The first-order valence-corrected chi connectivity index (χ1v) is 10.7. The van der Waals surface area contributed by atoms with Crippen molar-refractivity contribution >= 4 is 21.5 Å². The molecule has 0 fully saturated rings. The summed E-state index contributed by atoms with van der Waals surface area (Å²) in [6, 6.07) is 31.5. The largest absolute Gasteiger partial charge is 0.497 e. The van der Waals surface area contributed by atoms with Gasteiger partial charge >= 0.3 is 0 Å². The summed E-state index contributed by atoms with van der Waals surface area (Å²) in [5.41, 5.74) is 3.45. The van der Waals surface area contributed by atoms with E-state index in [1.54, 1.807) is 14.2 Å². The van der Waals surface area contributed by atoms with Gasteiger partial charge in [-0.3, -0.25) is 0 Å². The number of benzene rings is 5. The van der Waals surface area contributed by atoms with E-state index in [4.69, 9.17) is 14.2 Å². The Morgan fingerprint density at radius 1 is 0.594 bits per heavy atom. The van der Waals surface area contributed by atoms with E-state index in [0.29, 0.717) is 0 Å². The second kappa shape index (κ2) is 7.31. The van der Waals surface area contributed by atoms with Crippen LogP contribution in [-0.4, -0.2) is 14.2 Å². The van der Waals surface area contributed by atoms with Gasteiger partial charge in [0, 0.05) is 23.1 Å². The predicted molar refractivity (Wildman–Crippen MR) is 128 cm³/mol. The maximum atomic E-state index is 6.50. The standard InChI is InChI=1S/C29H22O3/c1-30-21-15-20(16-22(17-21)31-2)27-28-23-9-5-3-7-18(23)11-13-25(28)32-26-14-12-19-8-4-6-10-24(19)29(26)27/h3-17,27H,1-2H3. The van der Waals surface area contributed by atoms with Crippen LogP contribution in [0.3, 0.4) is 0 Å². The van der Waals surface area contributed by atoms with Crippen molar-refractivity contribution in [1.29, 1.82) is 0 Å². The number of hydrogen-bond donors (Lipinski definition) is 0. The molecule has 0 amide bonds. The monoisotopic (exact) mass is 418 g/mol. The van der Waals surface area contributed by atoms with Gasteiger partial charge in [0.15, 0.2) is 0 Å². The third-order valence-electron chi connectivity index (χ3n) is 6.37. The van der Waals surface area contributed by atoms with Gasteiger partial charge in [-0.15, -0.1) is 0 Å². The van der Waals surface area contributed by atoms with Crippen molar-refractivity contribution in [3.8, 4) is 23.0 Å². The van der Waals surface area contributed by atoms with Crippen molar-refractivity contribution < 1.29 is 14.2 Å². The van der Waals surface area contributed by atoms with Gasteiger partial charge in [-0.2, -0.15) is 0 Å². The summed E-state index contributed by atoms with van der Waals surface area (Å²) in [7, 11) is 3.38. The van der Waals surface area contributed by atoms with Gasteiger partial charge < -0.3 is 14.2 Å². The molecule has 5 aromatic rings. The number of rotatable bonds is 3. The van der Waals surface area contributed by atoms with Gasteiger partial charge in [-0.25, -0.2) is 0 Å². The van der Waals surface area contributed by atoms with E-state index in [9.17, 15) is 0 Å². The Labute approximate surface area is 186 Å². The van der Waals surface area contributed by atoms with E-state index in [0.717, 1.165) is 28.6 Å². The lowest BCUT2D eigenvalue weighted by Crippen LogP contribution is -2.13. The lowest BCUT2D eigenvalue weighted by atomic mass is 9.78. The molecule has 0 saturated heterocycles. The van der Waals surface area contributed by atoms with Gasteiger partial charge in [0.25, 0.3) is 0 Å². The van der Waals surface area contributed by atoms with Gasteiger partial charge in [0.1, 0.15) is 23.0 Å². The molecule has 0 unspecified atom stereocenters. The topological polar surface area (TPSA) is 27.7 Å². The minimum absolute atomic E-state index is 0.0325. The van der Waals surface area contributed by atoms with Crippen LogP contribution in [0.2, 0.25) is 0 Å². The molecule has 3 heteroatoms. The molecule has 1 aliphatic rings. The maximum Gasteiger partial charge on any atom is 0.132 e. The Bertz CT molecular complexity index is 1380. The summed E-state index contributed by atoms with van der Waals surface area (Å²) in [6.45, 7) is 0. The zero-order chi connectivity index (χ0) is 21.7. The average Bonchev–Trinajstić information content (AvgIpc) is 2.86. The zero-order valence-corrected chi connectivity index (χ0v) is 18.0. The molecule has 0 bridgehead atoms. The van der Waals surface area contributed by atoms with Crippen LogP contribution in [-0.2, 0) is 0 Å². The summed E-state index contributed by atoms with van der Waals surface area (Å²) >= 11 is 0. The summed E-state index contributed by atoms with van der Waals surface area (Å²) < 4.78 is 17.8. The van der Waals surface area contributed by atoms with E-state index in [-0.39, 0.29) is 5.92 Å². The lowest BCUT2D eigenvalue weighted by Gasteiger charge is -2.31. The minimum atomic E-state index is -0.0325. The summed E-state index contributed by atoms with van der Waals surface area (Å²) in [5, 5.41) is 4.77. The molecule has 1 aliphatic heterocycles. The molecule has 0 atom stereocenters. The van der Waals surface area contributed by atoms with E-state index < -0.39 is 0 Å². The second-order valence-corrected chi connectivity index (χ2v) is 8.08. The molecule has 0 aromatic heterocycles. The highest BCUT2D eigenvalue weighted by Crippen LogP contribution is 2.52. The third kappa shape index (κ3) is 2.82. The number of fused-ring (bicyclic) bond motifs is 6. The average molecular weight is 418 g/mol. The fourth-order valence-electron chi connectivity index (χ4n) is 4.92. The molecule has 156 valence electrons. The molecule has 1 heterocycles. The van der Waals surface area contributed by atoms with Crippen molar-refractivity contribution in [3.05, 3.63) is 108 Å². The van der Waals surface area contributed by atoms with Crippen LogP contribution in [0.15, 0.2) is 91.0 Å². The van der Waals surface area contributed by atoms with Crippen molar-refractivity contribution in [1.82, 2.24) is 0 Å². The van der Waals surface area contributed by atoms with Crippen molar-refractivity contribution in [2.45, 2.75) is 5.92 Å². The van der Waals surface area contributed by atoms with Crippen molar-refractivity contribution in [2.75, 3.05) is 14.2 Å². The molecule has 0 spiro atoms. The Balaban J connectivity index is 1.75. The first kappa shape index (κ1) is 18.8. The number of methoxy groups -OCH3 is 2. The van der Waals surface area contributed by atoms with Gasteiger partial charge in [0.05, 0.1) is 14.2 Å². The Morgan fingerprint density at radius 3 is 1.59 bits per heavy atom. The zero-order valence-electron chi connectivity index (χ0n) is 18.0. The highest BCUT2D eigenvalue weighted by molar-refractivity contribution is 5.95. The Hall–Kier alpha value is -3.98. The van der Waals surface area contributed by atoms with E-state index in [1.165, 1.54) is 32.7 Å². The van der Waals surface area contributed by atoms with Crippen molar-refractivity contribution in [3.63, 3.8) is 0 Å². The van der Waals surface area contributed by atoms with E-state index in [2.05, 4.69) is 84.9 Å². The SMILES string of the molecule is COc1cc(OC)cc(C2c3c(ccc4ccccc34)Oc3ccc4ccccc4c32)c1. The minimum Gasteiger partial charge on any atom is -0.497 e. The van der Waals surface area contributed by atoms with Crippen LogP contribution < -0.4 is 14.2 Å². The van der Waals surface area contributed by atoms with Crippen LogP contribution in [0.1, 0.15) is 22.6 Å². The van der Waals surface area contributed by atoms with Crippen molar-refractivity contribution in [2.24, 2.45) is 0 Å². The van der Waals surface area contributed by atoms with Gasteiger partial charge in [-0.05, 0) is 51.4 Å². The maximum absolute atomic E-state index is 6.50. The molecule has 0 saturated carbocycles. The second-order valence-electron chi connectivity index (χ2n) is 8.08. The molecule has 3 nitrogen and oxygen atoms in total. The molecule has 0 radical (unpaired) electrons. The summed E-state index contributed by atoms with van der Waals surface area (Å²) in [5.74, 6) is 3.29. The number of hydrogen-bond acceptors (Lipinski definition) is 3. The highest BCUT2D eigenvalue weighted by atomic mass is 16.5. The quantitative estimate of drug-likeness (QED) is 0.302.